The molecule has 0 heterocycles. The van der Waals surface area contributed by atoms with E-state index in [1.54, 1.807) is 0 Å². The zero-order valence-electron chi connectivity index (χ0n) is 17.1. The summed E-state index contributed by atoms with van der Waals surface area (Å²) in [5.41, 5.74) is 4.89. The minimum atomic E-state index is -2.27. The Balaban J connectivity index is 0.000000382. The fraction of sp³-hybridized carbons (Fsp3) is 0.318. The molecule has 2 unspecified atom stereocenters. The average molecular weight is 417 g/mol. The van der Waals surface area contributed by atoms with Crippen molar-refractivity contribution >= 4 is 17.8 Å². The zero-order chi connectivity index (χ0) is 22.8. The topological polar surface area (TPSA) is 144 Å². The molecule has 0 spiro atoms. The molecule has 2 atom stereocenters. The lowest BCUT2D eigenvalue weighted by atomic mass is 9.98. The quantitative estimate of drug-likeness (QED) is 0.463. The van der Waals surface area contributed by atoms with Crippen LogP contribution in [0.25, 0.3) is 11.1 Å². The standard InChI is InChI=1S/C18H21NO.C4H6O6/c1-13(2)16-8-10-18(11-9-16)17-6-4-15(5-7-17)12-19-14(3)20;5-1(3(7)8)2(6)4(9)10/h4-11,13H,12H2,1-3H3,(H,19,20);1-2,5-6H,(H,7,8)(H,9,10). The molecule has 162 valence electrons. The molecule has 0 bridgehead atoms. The van der Waals surface area contributed by atoms with Crippen LogP contribution in [0.2, 0.25) is 0 Å². The molecule has 1 amide bonds. The molecule has 0 radical (unpaired) electrons. The van der Waals surface area contributed by atoms with Crippen LogP contribution in [0.3, 0.4) is 0 Å². The summed E-state index contributed by atoms with van der Waals surface area (Å²) in [6.07, 6.45) is -4.53. The van der Waals surface area contributed by atoms with Crippen LogP contribution in [0.4, 0.5) is 0 Å². The van der Waals surface area contributed by atoms with Crippen molar-refractivity contribution < 1.29 is 34.8 Å². The second kappa shape index (κ2) is 11.7. The van der Waals surface area contributed by atoms with Gasteiger partial charge in [0.25, 0.3) is 0 Å². The van der Waals surface area contributed by atoms with Crippen molar-refractivity contribution in [2.75, 3.05) is 0 Å². The number of amides is 1. The van der Waals surface area contributed by atoms with E-state index in [2.05, 4.69) is 67.7 Å². The van der Waals surface area contributed by atoms with E-state index in [1.165, 1.54) is 23.6 Å². The van der Waals surface area contributed by atoms with Gasteiger partial charge in [0.1, 0.15) is 0 Å². The third kappa shape index (κ3) is 8.02. The monoisotopic (exact) mass is 417 g/mol. The molecule has 30 heavy (non-hydrogen) atoms. The van der Waals surface area contributed by atoms with Crippen LogP contribution < -0.4 is 5.32 Å². The van der Waals surface area contributed by atoms with E-state index in [1.807, 2.05) is 0 Å². The maximum absolute atomic E-state index is 10.9. The predicted molar refractivity (Wildman–Crippen MR) is 111 cm³/mol. The second-order valence-electron chi connectivity index (χ2n) is 6.95. The maximum atomic E-state index is 10.9. The average Bonchev–Trinajstić information content (AvgIpc) is 2.71. The van der Waals surface area contributed by atoms with Gasteiger partial charge in [-0.3, -0.25) is 4.79 Å². The lowest BCUT2D eigenvalue weighted by Crippen LogP contribution is -2.39. The Bertz CT molecular complexity index is 827. The summed E-state index contributed by atoms with van der Waals surface area (Å²) in [7, 11) is 0. The van der Waals surface area contributed by atoms with Gasteiger partial charge >= 0.3 is 11.9 Å². The van der Waals surface area contributed by atoms with Crippen LogP contribution in [-0.2, 0) is 20.9 Å². The van der Waals surface area contributed by atoms with Crippen molar-refractivity contribution in [3.63, 3.8) is 0 Å². The van der Waals surface area contributed by atoms with Crippen LogP contribution in [0.15, 0.2) is 48.5 Å². The highest BCUT2D eigenvalue weighted by Crippen LogP contribution is 2.23. The Morgan fingerprint density at radius 2 is 1.20 bits per heavy atom. The van der Waals surface area contributed by atoms with Gasteiger partial charge in [-0.25, -0.2) is 9.59 Å². The molecular formula is C22H27NO7. The van der Waals surface area contributed by atoms with Gasteiger partial charge in [-0.1, -0.05) is 62.4 Å². The molecule has 8 nitrogen and oxygen atoms in total. The van der Waals surface area contributed by atoms with E-state index in [0.717, 1.165) is 5.56 Å². The van der Waals surface area contributed by atoms with Gasteiger partial charge in [0, 0.05) is 13.5 Å². The molecule has 5 N–H and O–H groups in total. The Kier molecular flexibility index (Phi) is 9.67. The van der Waals surface area contributed by atoms with Crippen molar-refractivity contribution in [2.45, 2.75) is 45.4 Å². The number of carboxylic acid groups (broad SMARTS) is 2. The third-order valence-electron chi connectivity index (χ3n) is 4.21. The van der Waals surface area contributed by atoms with E-state index >= 15 is 0 Å². The molecule has 0 aromatic heterocycles. The Morgan fingerprint density at radius 1 is 0.800 bits per heavy atom. The number of hydrogen-bond donors (Lipinski definition) is 5. The van der Waals surface area contributed by atoms with E-state index < -0.39 is 24.1 Å². The predicted octanol–water partition coefficient (Wildman–Crippen LogP) is 1.99. The van der Waals surface area contributed by atoms with E-state index in [-0.39, 0.29) is 5.91 Å². The van der Waals surface area contributed by atoms with Crippen LogP contribution in [0.5, 0.6) is 0 Å². The first-order chi connectivity index (χ1) is 14.0. The van der Waals surface area contributed by atoms with Crippen molar-refractivity contribution in [1.29, 1.82) is 0 Å². The van der Waals surface area contributed by atoms with Crippen LogP contribution in [0.1, 0.15) is 37.8 Å². The molecule has 0 aliphatic heterocycles. The highest BCUT2D eigenvalue weighted by molar-refractivity contribution is 5.83. The van der Waals surface area contributed by atoms with Crippen molar-refractivity contribution in [1.82, 2.24) is 5.32 Å². The number of carbonyl (C=O) groups excluding carboxylic acids is 1. The molecular weight excluding hydrogens is 390 g/mol. The summed E-state index contributed by atoms with van der Waals surface area (Å²) in [4.78, 5) is 30.4. The van der Waals surface area contributed by atoms with Gasteiger partial charge < -0.3 is 25.7 Å². The molecule has 2 aromatic carbocycles. The summed E-state index contributed by atoms with van der Waals surface area (Å²) < 4.78 is 0. The number of hydrogen-bond acceptors (Lipinski definition) is 5. The van der Waals surface area contributed by atoms with Crippen LogP contribution in [-0.4, -0.2) is 50.5 Å². The summed E-state index contributed by atoms with van der Waals surface area (Å²) >= 11 is 0. The molecule has 0 saturated carbocycles. The van der Waals surface area contributed by atoms with E-state index in [0.29, 0.717) is 12.5 Å². The second-order valence-corrected chi connectivity index (χ2v) is 6.95. The largest absolute Gasteiger partial charge is 0.479 e. The lowest BCUT2D eigenvalue weighted by molar-refractivity contribution is -0.165. The smallest absolute Gasteiger partial charge is 0.335 e. The fourth-order valence-corrected chi connectivity index (χ4v) is 2.37. The van der Waals surface area contributed by atoms with Crippen molar-refractivity contribution in [2.24, 2.45) is 0 Å². The number of carbonyl (C=O) groups is 3. The van der Waals surface area contributed by atoms with E-state index in [9.17, 15) is 14.4 Å². The normalized spacial score (nSPS) is 12.3. The van der Waals surface area contributed by atoms with E-state index in [4.69, 9.17) is 20.4 Å². The number of carboxylic acids is 2. The summed E-state index contributed by atoms with van der Waals surface area (Å²) in [6, 6.07) is 17.0. The highest BCUT2D eigenvalue weighted by Gasteiger charge is 2.29. The molecule has 0 fully saturated rings. The minimum absolute atomic E-state index is 0.00153. The number of aliphatic hydroxyl groups excluding tert-OH is 2. The van der Waals surface area contributed by atoms with Crippen LogP contribution >= 0.6 is 0 Å². The fourth-order valence-electron chi connectivity index (χ4n) is 2.37. The van der Waals surface area contributed by atoms with Gasteiger partial charge in [0.2, 0.25) is 5.91 Å². The molecule has 0 saturated heterocycles. The lowest BCUT2D eigenvalue weighted by Gasteiger charge is -2.08. The molecule has 0 aliphatic rings. The van der Waals surface area contributed by atoms with Gasteiger partial charge in [-0.2, -0.15) is 0 Å². The zero-order valence-corrected chi connectivity index (χ0v) is 17.1. The first-order valence-corrected chi connectivity index (χ1v) is 9.28. The molecule has 2 aromatic rings. The summed E-state index contributed by atoms with van der Waals surface area (Å²) in [6.45, 7) is 6.52. The van der Waals surface area contributed by atoms with Gasteiger partial charge in [0.15, 0.2) is 12.2 Å². The molecule has 8 heteroatoms. The van der Waals surface area contributed by atoms with Gasteiger partial charge in [0.05, 0.1) is 0 Å². The first-order valence-electron chi connectivity index (χ1n) is 9.28. The maximum Gasteiger partial charge on any atom is 0.335 e. The first kappa shape index (κ1) is 24.8. The Labute approximate surface area is 174 Å². The number of benzene rings is 2. The number of aliphatic carboxylic acids is 2. The Hall–Kier alpha value is -3.23. The number of rotatable bonds is 7. The Morgan fingerprint density at radius 3 is 1.53 bits per heavy atom. The van der Waals surface area contributed by atoms with Gasteiger partial charge in [-0.05, 0) is 28.2 Å². The SMILES string of the molecule is CC(=O)NCc1ccc(-c2ccc(C(C)C)cc2)cc1.O=C(O)C(O)C(O)C(=O)O. The minimum Gasteiger partial charge on any atom is -0.479 e. The highest BCUT2D eigenvalue weighted by atomic mass is 16.4. The third-order valence-corrected chi connectivity index (χ3v) is 4.21. The molecule has 2 rings (SSSR count). The van der Waals surface area contributed by atoms with Crippen LogP contribution in [0, 0.1) is 0 Å². The number of aliphatic hydroxyl groups is 2. The summed E-state index contributed by atoms with van der Waals surface area (Å²) in [5.74, 6) is -2.98. The molecule has 0 aliphatic carbocycles. The van der Waals surface area contributed by atoms with Crippen molar-refractivity contribution in [3.05, 3.63) is 59.7 Å². The van der Waals surface area contributed by atoms with Gasteiger partial charge in [-0.15, -0.1) is 0 Å². The number of nitrogens with one attached hydrogen (secondary N) is 1. The summed E-state index contributed by atoms with van der Waals surface area (Å²) in [5, 5.41) is 35.3. The van der Waals surface area contributed by atoms with Crippen molar-refractivity contribution in [3.8, 4) is 11.1 Å².